The first-order valence-corrected chi connectivity index (χ1v) is 8.25. The quantitative estimate of drug-likeness (QED) is 0.835. The van der Waals surface area contributed by atoms with E-state index in [4.69, 9.17) is 25.5 Å². The molecule has 0 saturated carbocycles. The van der Waals surface area contributed by atoms with Gasteiger partial charge in [-0.3, -0.25) is 4.79 Å². The number of rotatable bonds is 4. The van der Waals surface area contributed by atoms with Crippen LogP contribution >= 0.6 is 11.6 Å². The summed E-state index contributed by atoms with van der Waals surface area (Å²) in [4.78, 5) is 25.9. The predicted molar refractivity (Wildman–Crippen MR) is 92.7 cm³/mol. The third-order valence-electron chi connectivity index (χ3n) is 3.99. The maximum Gasteiger partial charge on any atom is 0.339 e. The van der Waals surface area contributed by atoms with E-state index >= 15 is 0 Å². The van der Waals surface area contributed by atoms with Crippen molar-refractivity contribution in [2.24, 2.45) is 0 Å². The lowest BCUT2D eigenvalue weighted by atomic mass is 10.1. The van der Waals surface area contributed by atoms with Gasteiger partial charge in [0.05, 0.1) is 25.3 Å². The van der Waals surface area contributed by atoms with Crippen molar-refractivity contribution in [3.8, 4) is 11.5 Å². The SMILES string of the molecule is COc1ccc(Cl)cc1C(=O)N1CCC(Oc2cc(C)oc(=O)c2)C1. The molecule has 7 heteroatoms. The van der Waals surface area contributed by atoms with Crippen LogP contribution in [0.4, 0.5) is 0 Å². The second-order valence-electron chi connectivity index (χ2n) is 5.85. The van der Waals surface area contributed by atoms with Crippen LogP contribution < -0.4 is 15.1 Å². The fraction of sp³-hybridized carbons (Fsp3) is 0.333. The Bertz CT molecular complexity index is 848. The average Bonchev–Trinajstić information content (AvgIpc) is 3.01. The lowest BCUT2D eigenvalue weighted by Gasteiger charge is -2.18. The lowest BCUT2D eigenvalue weighted by Crippen LogP contribution is -2.31. The van der Waals surface area contributed by atoms with E-state index in [1.165, 1.54) is 13.2 Å². The number of aryl methyl sites for hydroxylation is 1. The summed E-state index contributed by atoms with van der Waals surface area (Å²) in [5, 5.41) is 0.475. The van der Waals surface area contributed by atoms with Crippen LogP contribution in [0.1, 0.15) is 22.5 Å². The molecule has 3 rings (SSSR count). The normalized spacial score (nSPS) is 16.8. The molecule has 1 unspecified atom stereocenters. The summed E-state index contributed by atoms with van der Waals surface area (Å²) in [6, 6.07) is 7.91. The monoisotopic (exact) mass is 363 g/mol. The number of likely N-dealkylation sites (tertiary alicyclic amines) is 1. The van der Waals surface area contributed by atoms with Gasteiger partial charge in [-0.25, -0.2) is 4.79 Å². The van der Waals surface area contributed by atoms with Gasteiger partial charge in [0.15, 0.2) is 0 Å². The molecule has 1 fully saturated rings. The first-order valence-electron chi connectivity index (χ1n) is 7.87. The molecule has 6 nitrogen and oxygen atoms in total. The second-order valence-corrected chi connectivity index (χ2v) is 6.28. The van der Waals surface area contributed by atoms with Gasteiger partial charge in [-0.1, -0.05) is 11.6 Å². The van der Waals surface area contributed by atoms with Gasteiger partial charge >= 0.3 is 5.63 Å². The fourth-order valence-corrected chi connectivity index (χ4v) is 3.03. The van der Waals surface area contributed by atoms with E-state index in [-0.39, 0.29) is 12.0 Å². The van der Waals surface area contributed by atoms with E-state index in [1.807, 2.05) is 0 Å². The van der Waals surface area contributed by atoms with E-state index < -0.39 is 5.63 Å². The van der Waals surface area contributed by atoms with Crippen LogP contribution in [-0.2, 0) is 0 Å². The Morgan fingerprint density at radius 3 is 2.84 bits per heavy atom. The Morgan fingerprint density at radius 2 is 2.12 bits per heavy atom. The standard InChI is InChI=1S/C18H18ClNO5/c1-11-7-14(9-17(21)24-11)25-13-5-6-20(10-13)18(22)15-8-12(19)3-4-16(15)23-2/h3-4,7-9,13H,5-6,10H2,1-2H3. The molecular weight excluding hydrogens is 346 g/mol. The molecule has 1 aromatic heterocycles. The van der Waals surface area contributed by atoms with Gasteiger partial charge in [0.1, 0.15) is 23.4 Å². The highest BCUT2D eigenvalue weighted by atomic mass is 35.5. The molecule has 25 heavy (non-hydrogen) atoms. The molecule has 1 saturated heterocycles. The minimum atomic E-state index is -0.454. The van der Waals surface area contributed by atoms with E-state index in [9.17, 15) is 9.59 Å². The van der Waals surface area contributed by atoms with Crippen molar-refractivity contribution in [3.63, 3.8) is 0 Å². The van der Waals surface area contributed by atoms with E-state index in [2.05, 4.69) is 0 Å². The smallest absolute Gasteiger partial charge is 0.339 e. The largest absolute Gasteiger partial charge is 0.496 e. The van der Waals surface area contributed by atoms with Crippen molar-refractivity contribution in [2.45, 2.75) is 19.4 Å². The van der Waals surface area contributed by atoms with Crippen LogP contribution in [0, 0.1) is 6.92 Å². The zero-order valence-corrected chi connectivity index (χ0v) is 14.7. The molecule has 0 N–H and O–H groups in total. The number of carbonyl (C=O) groups is 1. The number of methoxy groups -OCH3 is 1. The molecule has 1 amide bonds. The third-order valence-corrected chi connectivity index (χ3v) is 4.23. The van der Waals surface area contributed by atoms with E-state index in [0.717, 1.165) is 0 Å². The van der Waals surface area contributed by atoms with Gasteiger partial charge in [-0.15, -0.1) is 0 Å². The zero-order valence-electron chi connectivity index (χ0n) is 14.0. The van der Waals surface area contributed by atoms with Gasteiger partial charge in [0, 0.05) is 24.1 Å². The maximum absolute atomic E-state index is 12.8. The Labute approximate surface area is 149 Å². The molecule has 0 bridgehead atoms. The summed E-state index contributed by atoms with van der Waals surface area (Å²) in [6.45, 7) is 2.66. The number of ether oxygens (including phenoxy) is 2. The summed E-state index contributed by atoms with van der Waals surface area (Å²) >= 11 is 6.00. The highest BCUT2D eigenvalue weighted by molar-refractivity contribution is 6.31. The number of carbonyl (C=O) groups excluding carboxylic acids is 1. The fourth-order valence-electron chi connectivity index (χ4n) is 2.86. The average molecular weight is 364 g/mol. The minimum absolute atomic E-state index is 0.158. The van der Waals surface area contributed by atoms with Crippen LogP contribution in [0.3, 0.4) is 0 Å². The Balaban J connectivity index is 1.71. The van der Waals surface area contributed by atoms with Crippen molar-refractivity contribution < 1.29 is 18.7 Å². The second kappa shape index (κ2) is 7.19. The Hall–Kier alpha value is -2.47. The first-order chi connectivity index (χ1) is 12.0. The van der Waals surface area contributed by atoms with Crippen LogP contribution in [0.15, 0.2) is 39.5 Å². The summed E-state index contributed by atoms with van der Waals surface area (Å²) in [5.41, 5.74) is -0.0311. The minimum Gasteiger partial charge on any atom is -0.496 e. The molecular formula is C18H18ClNO5. The lowest BCUT2D eigenvalue weighted by molar-refractivity contribution is 0.0768. The van der Waals surface area contributed by atoms with Crippen LogP contribution in [0.2, 0.25) is 5.02 Å². The molecule has 2 heterocycles. The summed E-state index contributed by atoms with van der Waals surface area (Å²) in [6.07, 6.45) is 0.490. The predicted octanol–water partition coefficient (Wildman–Crippen LogP) is 2.90. The van der Waals surface area contributed by atoms with Gasteiger partial charge < -0.3 is 18.8 Å². The number of halogens is 1. The first kappa shape index (κ1) is 17.4. The number of benzene rings is 1. The molecule has 1 aliphatic rings. The number of hydrogen-bond acceptors (Lipinski definition) is 5. The van der Waals surface area contributed by atoms with Crippen molar-refractivity contribution >= 4 is 17.5 Å². The van der Waals surface area contributed by atoms with Crippen molar-refractivity contribution in [1.82, 2.24) is 4.90 Å². The molecule has 0 radical (unpaired) electrons. The van der Waals surface area contributed by atoms with Crippen molar-refractivity contribution in [3.05, 3.63) is 57.1 Å². The highest BCUT2D eigenvalue weighted by Crippen LogP contribution is 2.26. The number of amides is 1. The molecule has 1 aliphatic heterocycles. The summed E-state index contributed by atoms with van der Waals surface area (Å²) in [5.74, 6) is 1.26. The Kier molecular flexibility index (Phi) is 4.99. The van der Waals surface area contributed by atoms with Crippen LogP contribution in [-0.4, -0.2) is 37.1 Å². The molecule has 0 spiro atoms. The molecule has 1 atom stereocenters. The van der Waals surface area contributed by atoms with Crippen molar-refractivity contribution in [2.75, 3.05) is 20.2 Å². The summed E-state index contributed by atoms with van der Waals surface area (Å²) < 4.78 is 16.0. The van der Waals surface area contributed by atoms with E-state index in [1.54, 1.807) is 36.1 Å². The summed E-state index contributed by atoms with van der Waals surface area (Å²) in [7, 11) is 1.51. The molecule has 1 aromatic carbocycles. The number of hydrogen-bond donors (Lipinski definition) is 0. The van der Waals surface area contributed by atoms with Gasteiger partial charge in [-0.05, 0) is 25.1 Å². The van der Waals surface area contributed by atoms with E-state index in [0.29, 0.717) is 47.4 Å². The highest BCUT2D eigenvalue weighted by Gasteiger charge is 2.30. The van der Waals surface area contributed by atoms with Crippen molar-refractivity contribution in [1.29, 1.82) is 0 Å². The van der Waals surface area contributed by atoms with Gasteiger partial charge in [0.2, 0.25) is 0 Å². The van der Waals surface area contributed by atoms with Gasteiger partial charge in [0.25, 0.3) is 5.91 Å². The van der Waals surface area contributed by atoms with Crippen LogP contribution in [0.25, 0.3) is 0 Å². The zero-order chi connectivity index (χ0) is 18.0. The molecule has 2 aromatic rings. The van der Waals surface area contributed by atoms with Gasteiger partial charge in [-0.2, -0.15) is 0 Å². The maximum atomic E-state index is 12.8. The number of nitrogens with zero attached hydrogens (tertiary/aromatic N) is 1. The molecule has 0 aliphatic carbocycles. The third kappa shape index (κ3) is 3.96. The Morgan fingerprint density at radius 1 is 1.32 bits per heavy atom. The molecule has 132 valence electrons. The van der Waals surface area contributed by atoms with Crippen LogP contribution in [0.5, 0.6) is 11.5 Å². The topological polar surface area (TPSA) is 69.0 Å².